The van der Waals surface area contributed by atoms with Gasteiger partial charge in [0.05, 0.1) is 10.0 Å². The van der Waals surface area contributed by atoms with E-state index in [1.54, 1.807) is 0 Å². The number of benzene rings is 1. The average Bonchev–Trinajstić information content (AvgIpc) is 1.98. The van der Waals surface area contributed by atoms with Crippen molar-refractivity contribution < 1.29 is 9.53 Å². The SMILES string of the molecule is CC(=O)Oc1cc(Cl)c(S)c(Cl)c1. The maximum atomic E-state index is 10.6. The Bertz CT molecular complexity index is 329. The van der Waals surface area contributed by atoms with Crippen LogP contribution in [0.5, 0.6) is 5.75 Å². The number of esters is 1. The second kappa shape index (κ2) is 4.22. The highest BCUT2D eigenvalue weighted by Gasteiger charge is 2.06. The lowest BCUT2D eigenvalue weighted by Crippen LogP contribution is -2.01. The lowest BCUT2D eigenvalue weighted by Gasteiger charge is -2.04. The molecule has 5 heteroatoms. The first kappa shape index (κ1) is 10.7. The molecule has 13 heavy (non-hydrogen) atoms. The zero-order valence-electron chi connectivity index (χ0n) is 6.67. The fourth-order valence-electron chi connectivity index (χ4n) is 0.767. The molecule has 0 N–H and O–H groups in total. The summed E-state index contributed by atoms with van der Waals surface area (Å²) >= 11 is 15.5. The Balaban J connectivity index is 3.06. The minimum Gasteiger partial charge on any atom is -0.427 e. The normalized spacial score (nSPS) is 9.85. The third kappa shape index (κ3) is 2.79. The van der Waals surface area contributed by atoms with Crippen LogP contribution in [0.1, 0.15) is 6.92 Å². The number of rotatable bonds is 1. The molecule has 0 unspecified atom stereocenters. The van der Waals surface area contributed by atoms with Gasteiger partial charge in [-0.25, -0.2) is 0 Å². The van der Waals surface area contributed by atoms with E-state index in [0.717, 1.165) is 0 Å². The highest BCUT2D eigenvalue weighted by atomic mass is 35.5. The number of carbonyl (C=O) groups excluding carboxylic acids is 1. The van der Waals surface area contributed by atoms with E-state index in [-0.39, 0.29) is 0 Å². The van der Waals surface area contributed by atoms with Crippen LogP contribution in [0.2, 0.25) is 10.0 Å². The van der Waals surface area contributed by atoms with Crippen molar-refractivity contribution in [3.05, 3.63) is 22.2 Å². The highest BCUT2D eigenvalue weighted by Crippen LogP contribution is 2.32. The molecular weight excluding hydrogens is 231 g/mol. The second-order valence-electron chi connectivity index (χ2n) is 2.33. The molecule has 0 amide bonds. The Hall–Kier alpha value is -0.380. The van der Waals surface area contributed by atoms with E-state index >= 15 is 0 Å². The van der Waals surface area contributed by atoms with Crippen molar-refractivity contribution >= 4 is 41.8 Å². The van der Waals surface area contributed by atoms with Gasteiger partial charge in [0.25, 0.3) is 0 Å². The summed E-state index contributed by atoms with van der Waals surface area (Å²) in [7, 11) is 0. The molecule has 0 aromatic heterocycles. The molecule has 1 rings (SSSR count). The van der Waals surface area contributed by atoms with Gasteiger partial charge in [0.1, 0.15) is 5.75 Å². The number of carbonyl (C=O) groups is 1. The standard InChI is InChI=1S/C8H6Cl2O2S/c1-4(11)12-5-2-6(9)8(13)7(10)3-5/h2-3,13H,1H3. The van der Waals surface area contributed by atoms with Gasteiger partial charge >= 0.3 is 5.97 Å². The molecule has 0 aliphatic heterocycles. The van der Waals surface area contributed by atoms with Crippen LogP contribution in [0, 0.1) is 0 Å². The van der Waals surface area contributed by atoms with Crippen molar-refractivity contribution in [2.24, 2.45) is 0 Å². The van der Waals surface area contributed by atoms with Crippen LogP contribution in [0.3, 0.4) is 0 Å². The van der Waals surface area contributed by atoms with Crippen molar-refractivity contribution in [1.29, 1.82) is 0 Å². The van der Waals surface area contributed by atoms with Gasteiger partial charge in [-0.05, 0) is 0 Å². The summed E-state index contributed by atoms with van der Waals surface area (Å²) in [4.78, 5) is 11.1. The molecule has 0 heterocycles. The molecule has 0 aliphatic carbocycles. The molecule has 0 saturated heterocycles. The summed E-state index contributed by atoms with van der Waals surface area (Å²) in [6.45, 7) is 1.30. The van der Waals surface area contributed by atoms with E-state index in [1.165, 1.54) is 19.1 Å². The van der Waals surface area contributed by atoms with Crippen LogP contribution in [0.25, 0.3) is 0 Å². The molecule has 0 spiro atoms. The summed E-state index contributed by atoms with van der Waals surface area (Å²) in [5.41, 5.74) is 0. The molecule has 0 saturated carbocycles. The van der Waals surface area contributed by atoms with Crippen LogP contribution in [-0.4, -0.2) is 5.97 Å². The summed E-state index contributed by atoms with van der Waals surface area (Å²) in [6, 6.07) is 2.97. The molecule has 1 aromatic rings. The molecule has 0 atom stereocenters. The third-order valence-electron chi connectivity index (χ3n) is 1.25. The van der Waals surface area contributed by atoms with Gasteiger partial charge in [0.15, 0.2) is 0 Å². The van der Waals surface area contributed by atoms with Gasteiger partial charge in [0.2, 0.25) is 0 Å². The molecule has 2 nitrogen and oxygen atoms in total. The van der Waals surface area contributed by atoms with E-state index in [4.69, 9.17) is 27.9 Å². The van der Waals surface area contributed by atoms with Crippen LogP contribution in [0.4, 0.5) is 0 Å². The smallest absolute Gasteiger partial charge is 0.308 e. The largest absolute Gasteiger partial charge is 0.427 e. The van der Waals surface area contributed by atoms with Crippen molar-refractivity contribution in [2.75, 3.05) is 0 Å². The van der Waals surface area contributed by atoms with Gasteiger partial charge in [0, 0.05) is 24.0 Å². The van der Waals surface area contributed by atoms with E-state index in [1.807, 2.05) is 0 Å². The number of hydrogen-bond acceptors (Lipinski definition) is 3. The van der Waals surface area contributed by atoms with E-state index in [2.05, 4.69) is 12.6 Å². The van der Waals surface area contributed by atoms with E-state index < -0.39 is 5.97 Å². The van der Waals surface area contributed by atoms with Crippen molar-refractivity contribution in [2.45, 2.75) is 11.8 Å². The van der Waals surface area contributed by atoms with E-state index in [9.17, 15) is 4.79 Å². The predicted molar refractivity (Wildman–Crippen MR) is 55.0 cm³/mol. The Morgan fingerprint density at radius 1 is 1.38 bits per heavy atom. The van der Waals surface area contributed by atoms with Crippen LogP contribution in [0.15, 0.2) is 17.0 Å². The van der Waals surface area contributed by atoms with Crippen LogP contribution >= 0.6 is 35.8 Å². The monoisotopic (exact) mass is 236 g/mol. The number of hydrogen-bond donors (Lipinski definition) is 1. The minimum absolute atomic E-state index is 0.320. The first-order valence-corrected chi connectivity index (χ1v) is 4.57. The van der Waals surface area contributed by atoms with Crippen molar-refractivity contribution in [3.8, 4) is 5.75 Å². The van der Waals surface area contributed by atoms with Crippen LogP contribution < -0.4 is 4.74 Å². The third-order valence-corrected chi connectivity index (χ3v) is 2.59. The topological polar surface area (TPSA) is 26.3 Å². The Morgan fingerprint density at radius 3 is 2.23 bits per heavy atom. The van der Waals surface area contributed by atoms with Gasteiger partial charge in [-0.15, -0.1) is 12.6 Å². The molecule has 0 bridgehead atoms. The van der Waals surface area contributed by atoms with Gasteiger partial charge < -0.3 is 4.74 Å². The molecule has 0 radical (unpaired) electrons. The number of thiol groups is 1. The second-order valence-corrected chi connectivity index (χ2v) is 3.59. The Kier molecular flexibility index (Phi) is 3.47. The maximum Gasteiger partial charge on any atom is 0.308 e. The Labute approximate surface area is 91.2 Å². The lowest BCUT2D eigenvalue weighted by molar-refractivity contribution is -0.131. The Morgan fingerprint density at radius 2 is 1.85 bits per heavy atom. The zero-order valence-corrected chi connectivity index (χ0v) is 9.08. The summed E-state index contributed by atoms with van der Waals surface area (Å²) < 4.78 is 4.79. The zero-order chi connectivity index (χ0) is 10.0. The molecule has 1 aromatic carbocycles. The minimum atomic E-state index is -0.418. The van der Waals surface area contributed by atoms with Crippen molar-refractivity contribution in [3.63, 3.8) is 0 Å². The summed E-state index contributed by atoms with van der Waals surface area (Å²) in [6.07, 6.45) is 0. The van der Waals surface area contributed by atoms with Crippen molar-refractivity contribution in [1.82, 2.24) is 0 Å². The molecule has 0 fully saturated rings. The highest BCUT2D eigenvalue weighted by molar-refractivity contribution is 7.80. The average molecular weight is 237 g/mol. The fourth-order valence-corrected chi connectivity index (χ4v) is 1.36. The number of ether oxygens (including phenoxy) is 1. The van der Waals surface area contributed by atoms with Gasteiger partial charge in [-0.3, -0.25) is 4.79 Å². The number of halogens is 2. The van der Waals surface area contributed by atoms with Crippen LogP contribution in [-0.2, 0) is 4.79 Å². The van der Waals surface area contributed by atoms with Gasteiger partial charge in [-0.2, -0.15) is 0 Å². The maximum absolute atomic E-state index is 10.6. The fraction of sp³-hybridized carbons (Fsp3) is 0.125. The molecular formula is C8H6Cl2O2S. The van der Waals surface area contributed by atoms with E-state index in [0.29, 0.717) is 20.7 Å². The summed E-state index contributed by atoms with van der Waals surface area (Å²) in [5, 5.41) is 0.708. The molecule has 0 aliphatic rings. The summed E-state index contributed by atoms with van der Waals surface area (Å²) in [5.74, 6) is -0.0978. The lowest BCUT2D eigenvalue weighted by atomic mass is 10.3. The quantitative estimate of drug-likeness (QED) is 0.461. The predicted octanol–water partition coefficient (Wildman–Crippen LogP) is 3.21. The molecule has 70 valence electrons. The first-order chi connectivity index (χ1) is 6.00. The first-order valence-electron chi connectivity index (χ1n) is 3.37. The van der Waals surface area contributed by atoms with Gasteiger partial charge in [-0.1, -0.05) is 23.2 Å².